The quantitative estimate of drug-likeness (QED) is 0.758. The Morgan fingerprint density at radius 1 is 1.14 bits per heavy atom. The van der Waals surface area contributed by atoms with Gasteiger partial charge in [0, 0.05) is 12.1 Å². The third kappa shape index (κ3) is 4.15. The lowest BCUT2D eigenvalue weighted by Gasteiger charge is -2.35. The Labute approximate surface area is 162 Å². The average molecular weight is 408 g/mol. The molecule has 0 saturated carbocycles. The van der Waals surface area contributed by atoms with Crippen molar-refractivity contribution in [1.29, 1.82) is 0 Å². The molecule has 2 N–H and O–H groups in total. The summed E-state index contributed by atoms with van der Waals surface area (Å²) in [5.41, 5.74) is 0.229. The zero-order chi connectivity index (χ0) is 21.2. The lowest BCUT2D eigenvalue weighted by atomic mass is 9.91. The van der Waals surface area contributed by atoms with Crippen molar-refractivity contribution in [2.45, 2.75) is 25.4 Å². The van der Waals surface area contributed by atoms with Crippen molar-refractivity contribution in [3.05, 3.63) is 65.2 Å². The topological polar surface area (TPSA) is 99.4 Å². The van der Waals surface area contributed by atoms with Crippen LogP contribution in [0.1, 0.15) is 16.7 Å². The second-order valence-corrected chi connectivity index (χ2v) is 6.22. The number of hydrogen-bond acceptors (Lipinski definition) is 5. The van der Waals surface area contributed by atoms with Crippen molar-refractivity contribution < 1.29 is 37.8 Å². The highest BCUT2D eigenvalue weighted by Crippen LogP contribution is 2.33. The maximum atomic E-state index is 13.0. The van der Waals surface area contributed by atoms with Gasteiger partial charge in [-0.25, -0.2) is 4.79 Å². The van der Waals surface area contributed by atoms with Crippen molar-refractivity contribution in [2.24, 2.45) is 5.16 Å². The zero-order valence-electron chi connectivity index (χ0n) is 14.8. The van der Waals surface area contributed by atoms with Crippen LogP contribution in [0, 0.1) is 0 Å². The summed E-state index contributed by atoms with van der Waals surface area (Å²) in [6, 6.07) is 10.6. The third-order valence-corrected chi connectivity index (χ3v) is 4.27. The van der Waals surface area contributed by atoms with E-state index in [0.29, 0.717) is 5.56 Å². The van der Waals surface area contributed by atoms with E-state index >= 15 is 0 Å². The van der Waals surface area contributed by atoms with Gasteiger partial charge in [0.05, 0.1) is 0 Å². The SMILES string of the molecule is O=C(O)C1C(=NOCc2ccccc2)c2c(O)cccc2CN1C(=O)C(F)(F)F. The molecule has 29 heavy (non-hydrogen) atoms. The summed E-state index contributed by atoms with van der Waals surface area (Å²) in [4.78, 5) is 28.9. The number of oxime groups is 1. The Morgan fingerprint density at radius 2 is 1.83 bits per heavy atom. The maximum absolute atomic E-state index is 13.0. The first-order valence-electron chi connectivity index (χ1n) is 8.35. The van der Waals surface area contributed by atoms with Crippen molar-refractivity contribution in [2.75, 3.05) is 0 Å². The van der Waals surface area contributed by atoms with Gasteiger partial charge in [0.2, 0.25) is 0 Å². The molecule has 0 aromatic heterocycles. The minimum Gasteiger partial charge on any atom is -0.507 e. The predicted molar refractivity (Wildman–Crippen MR) is 93.9 cm³/mol. The summed E-state index contributed by atoms with van der Waals surface area (Å²) in [6.45, 7) is -0.746. The minimum absolute atomic E-state index is 0.0702. The molecule has 1 heterocycles. The third-order valence-electron chi connectivity index (χ3n) is 4.27. The summed E-state index contributed by atoms with van der Waals surface area (Å²) in [7, 11) is 0. The van der Waals surface area contributed by atoms with Gasteiger partial charge in [-0.05, 0) is 17.2 Å². The molecule has 1 amide bonds. The van der Waals surface area contributed by atoms with Crippen molar-refractivity contribution in [3.8, 4) is 5.75 Å². The molecule has 152 valence electrons. The van der Waals surface area contributed by atoms with Gasteiger partial charge >= 0.3 is 18.1 Å². The van der Waals surface area contributed by atoms with Crippen LogP contribution in [0.15, 0.2) is 53.7 Å². The fourth-order valence-corrected chi connectivity index (χ4v) is 3.02. The number of amides is 1. The van der Waals surface area contributed by atoms with Crippen molar-refractivity contribution in [1.82, 2.24) is 4.90 Å². The van der Waals surface area contributed by atoms with Crippen LogP contribution in [0.5, 0.6) is 5.75 Å². The van der Waals surface area contributed by atoms with E-state index < -0.39 is 36.4 Å². The van der Waals surface area contributed by atoms with Crippen molar-refractivity contribution >= 4 is 17.6 Å². The van der Waals surface area contributed by atoms with Gasteiger partial charge in [-0.2, -0.15) is 13.2 Å². The number of phenols is 1. The second-order valence-electron chi connectivity index (χ2n) is 6.22. The fraction of sp³-hybridized carbons (Fsp3) is 0.211. The molecule has 0 spiro atoms. The molecular formula is C19H15F3N2O5. The monoisotopic (exact) mass is 408 g/mol. The van der Waals surface area contributed by atoms with Gasteiger partial charge in [0.1, 0.15) is 18.1 Å². The van der Waals surface area contributed by atoms with Gasteiger partial charge in [0.25, 0.3) is 0 Å². The van der Waals surface area contributed by atoms with E-state index in [0.717, 1.165) is 0 Å². The molecule has 10 heteroatoms. The number of rotatable bonds is 4. The Bertz CT molecular complexity index is 960. The number of aliphatic carboxylic acids is 1. The molecule has 0 aliphatic carbocycles. The highest BCUT2D eigenvalue weighted by Gasteiger charge is 2.50. The number of phenolic OH excluding ortho intramolecular Hbond substituents is 1. The highest BCUT2D eigenvalue weighted by atomic mass is 19.4. The van der Waals surface area contributed by atoms with Crippen LogP contribution in [0.3, 0.4) is 0 Å². The van der Waals surface area contributed by atoms with E-state index in [9.17, 15) is 33.0 Å². The fourth-order valence-electron chi connectivity index (χ4n) is 3.02. The number of hydrogen-bond donors (Lipinski definition) is 2. The second kappa shape index (κ2) is 7.82. The molecule has 0 bridgehead atoms. The molecule has 1 aliphatic rings. The molecular weight excluding hydrogens is 393 g/mol. The summed E-state index contributed by atoms with van der Waals surface area (Å²) in [6.07, 6.45) is -5.28. The molecule has 7 nitrogen and oxygen atoms in total. The Hall–Kier alpha value is -3.56. The van der Waals surface area contributed by atoms with Gasteiger partial charge in [-0.1, -0.05) is 47.6 Å². The molecule has 1 aliphatic heterocycles. The van der Waals surface area contributed by atoms with Crippen LogP contribution >= 0.6 is 0 Å². The van der Waals surface area contributed by atoms with Crippen molar-refractivity contribution in [3.63, 3.8) is 0 Å². The van der Waals surface area contributed by atoms with E-state index in [-0.39, 0.29) is 28.4 Å². The average Bonchev–Trinajstić information content (AvgIpc) is 2.66. The number of benzene rings is 2. The number of aromatic hydroxyl groups is 1. The minimum atomic E-state index is -5.28. The summed E-state index contributed by atoms with van der Waals surface area (Å²) < 4.78 is 39.1. The van der Waals surface area contributed by atoms with Gasteiger partial charge in [-0.3, -0.25) is 4.79 Å². The largest absolute Gasteiger partial charge is 0.507 e. The Balaban J connectivity index is 2.05. The standard InChI is InChI=1S/C19H15F3N2O5/c20-19(21,22)18(28)24-9-12-7-4-8-13(25)14(12)15(16(24)17(26)27)23-29-10-11-5-2-1-3-6-11/h1-8,16,25H,9-10H2,(H,26,27). The number of alkyl halides is 3. The molecule has 2 aromatic rings. The molecule has 0 fully saturated rings. The van der Waals surface area contributed by atoms with Crippen LogP contribution in [0.4, 0.5) is 13.2 Å². The predicted octanol–water partition coefficient (Wildman–Crippen LogP) is 2.67. The number of carboxylic acid groups (broad SMARTS) is 1. The van der Waals surface area contributed by atoms with Crippen LogP contribution in [-0.2, 0) is 27.6 Å². The van der Waals surface area contributed by atoms with E-state index in [4.69, 9.17) is 4.84 Å². The van der Waals surface area contributed by atoms with E-state index in [1.165, 1.54) is 18.2 Å². The van der Waals surface area contributed by atoms with Gasteiger partial charge in [-0.15, -0.1) is 0 Å². The number of fused-ring (bicyclic) bond motifs is 1. The van der Waals surface area contributed by atoms with Crippen LogP contribution in [0.2, 0.25) is 0 Å². The number of halogens is 3. The first kappa shape index (κ1) is 20.2. The van der Waals surface area contributed by atoms with Gasteiger partial charge < -0.3 is 20.0 Å². The first-order chi connectivity index (χ1) is 13.7. The van der Waals surface area contributed by atoms with Gasteiger partial charge in [0.15, 0.2) is 6.04 Å². The van der Waals surface area contributed by atoms with Crippen LogP contribution < -0.4 is 0 Å². The number of nitrogens with zero attached hydrogens (tertiary/aromatic N) is 2. The van der Waals surface area contributed by atoms with E-state index in [2.05, 4.69) is 5.16 Å². The Kier molecular flexibility index (Phi) is 5.44. The molecule has 1 unspecified atom stereocenters. The smallest absolute Gasteiger partial charge is 0.471 e. The van der Waals surface area contributed by atoms with E-state index in [1.54, 1.807) is 30.3 Å². The molecule has 3 rings (SSSR count). The van der Waals surface area contributed by atoms with E-state index in [1.807, 2.05) is 0 Å². The molecule has 0 radical (unpaired) electrons. The molecule has 2 aromatic carbocycles. The Morgan fingerprint density at radius 3 is 2.45 bits per heavy atom. The first-order valence-corrected chi connectivity index (χ1v) is 8.35. The number of carbonyl (C=O) groups is 2. The number of carbonyl (C=O) groups excluding carboxylic acids is 1. The van der Waals surface area contributed by atoms with Crippen LogP contribution in [0.25, 0.3) is 0 Å². The van der Waals surface area contributed by atoms with Crippen LogP contribution in [-0.4, -0.2) is 44.9 Å². The lowest BCUT2D eigenvalue weighted by Crippen LogP contribution is -2.56. The zero-order valence-corrected chi connectivity index (χ0v) is 14.8. The maximum Gasteiger partial charge on any atom is 0.471 e. The summed E-state index contributed by atoms with van der Waals surface area (Å²) in [5.74, 6) is -4.44. The lowest BCUT2D eigenvalue weighted by molar-refractivity contribution is -0.189. The normalized spacial score (nSPS) is 17.7. The molecule has 1 atom stereocenters. The number of carboxylic acids is 1. The highest BCUT2D eigenvalue weighted by molar-refractivity contribution is 6.19. The summed E-state index contributed by atoms with van der Waals surface area (Å²) in [5, 5.41) is 23.4. The summed E-state index contributed by atoms with van der Waals surface area (Å²) >= 11 is 0. The molecule has 0 saturated heterocycles.